The quantitative estimate of drug-likeness (QED) is 0.813. The van der Waals surface area contributed by atoms with Gasteiger partial charge in [-0.25, -0.2) is 9.98 Å². The molecule has 116 valence electrons. The number of hydrogen-bond donors (Lipinski definition) is 0. The van der Waals surface area contributed by atoms with Gasteiger partial charge in [0.15, 0.2) is 5.17 Å². The van der Waals surface area contributed by atoms with E-state index in [1.165, 1.54) is 17.8 Å². The van der Waals surface area contributed by atoms with Crippen molar-refractivity contribution in [3.8, 4) is 0 Å². The third-order valence-corrected chi connectivity index (χ3v) is 4.61. The molecule has 0 aliphatic carbocycles. The van der Waals surface area contributed by atoms with E-state index in [1.54, 1.807) is 0 Å². The predicted molar refractivity (Wildman–Crippen MR) is 83.0 cm³/mol. The Hall–Kier alpha value is -1.02. The van der Waals surface area contributed by atoms with Gasteiger partial charge < -0.3 is 4.90 Å². The average molecular weight is 335 g/mol. The molecule has 0 fully saturated rings. The Morgan fingerprint density at radius 1 is 1.38 bits per heavy atom. The van der Waals surface area contributed by atoms with Crippen LogP contribution in [-0.4, -0.2) is 28.8 Å². The fraction of sp³-hybridized carbons (Fsp3) is 0.538. The van der Waals surface area contributed by atoms with Crippen molar-refractivity contribution in [3.05, 3.63) is 21.9 Å². The Bertz CT molecular complexity index is 549. The summed E-state index contributed by atoms with van der Waals surface area (Å²) in [4.78, 5) is 10.8. The minimum absolute atomic E-state index is 0.421. The molecule has 0 spiro atoms. The number of thioether (sulfide) groups is 1. The van der Waals surface area contributed by atoms with E-state index in [0.29, 0.717) is 18.1 Å². The number of amidine groups is 2. The lowest BCUT2D eigenvalue weighted by Gasteiger charge is -2.27. The van der Waals surface area contributed by atoms with Gasteiger partial charge in [-0.1, -0.05) is 18.7 Å². The first-order chi connectivity index (χ1) is 9.94. The van der Waals surface area contributed by atoms with Crippen molar-refractivity contribution in [1.29, 1.82) is 0 Å². The molecule has 1 aromatic heterocycles. The lowest BCUT2D eigenvalue weighted by Crippen LogP contribution is -2.34. The maximum absolute atomic E-state index is 12.6. The fourth-order valence-electron chi connectivity index (χ4n) is 1.94. The summed E-state index contributed by atoms with van der Waals surface area (Å²) in [5, 5.41) is 0.733. The molecule has 0 N–H and O–H groups in total. The summed E-state index contributed by atoms with van der Waals surface area (Å²) in [5.41, 5.74) is 0. The van der Waals surface area contributed by atoms with Crippen LogP contribution in [0.1, 0.15) is 29.5 Å². The van der Waals surface area contributed by atoms with Gasteiger partial charge in [0.05, 0.1) is 6.54 Å². The van der Waals surface area contributed by atoms with E-state index in [2.05, 4.69) is 16.9 Å². The van der Waals surface area contributed by atoms with Gasteiger partial charge in [-0.3, -0.25) is 0 Å². The Balaban J connectivity index is 2.10. The van der Waals surface area contributed by atoms with Gasteiger partial charge >= 0.3 is 6.18 Å². The van der Waals surface area contributed by atoms with E-state index in [1.807, 2.05) is 11.2 Å². The third kappa shape index (κ3) is 4.23. The van der Waals surface area contributed by atoms with E-state index in [0.717, 1.165) is 41.2 Å². The van der Waals surface area contributed by atoms with Crippen LogP contribution in [0.4, 0.5) is 13.2 Å². The number of aliphatic imine (C=N–C) groups is 2. The second-order valence-corrected chi connectivity index (χ2v) is 6.47. The number of hydrogen-bond acceptors (Lipinski definition) is 5. The number of thiophene rings is 1. The molecule has 0 atom stereocenters. The number of alkyl halides is 3. The predicted octanol–water partition coefficient (Wildman–Crippen LogP) is 4.46. The molecule has 1 aliphatic heterocycles. The van der Waals surface area contributed by atoms with Crippen molar-refractivity contribution in [2.75, 3.05) is 12.9 Å². The van der Waals surface area contributed by atoms with Crippen LogP contribution in [0, 0.1) is 0 Å². The van der Waals surface area contributed by atoms with Crippen LogP contribution in [-0.2, 0) is 12.7 Å². The Morgan fingerprint density at radius 2 is 2.14 bits per heavy atom. The fourth-order valence-corrected chi connectivity index (χ4v) is 3.21. The van der Waals surface area contributed by atoms with Gasteiger partial charge in [0, 0.05) is 11.3 Å². The third-order valence-electron chi connectivity index (χ3n) is 2.91. The maximum Gasteiger partial charge on any atom is 0.425 e. The normalized spacial score (nSPS) is 16.0. The van der Waals surface area contributed by atoms with E-state index >= 15 is 0 Å². The topological polar surface area (TPSA) is 28.0 Å². The van der Waals surface area contributed by atoms with E-state index < -0.39 is 11.1 Å². The largest absolute Gasteiger partial charge is 0.425 e. The molecule has 0 saturated heterocycles. The first-order valence-electron chi connectivity index (χ1n) is 6.51. The summed E-state index contributed by atoms with van der Waals surface area (Å²) >= 11 is 2.27. The summed E-state index contributed by atoms with van der Waals surface area (Å²) in [6, 6.07) is 2.67. The summed E-state index contributed by atoms with van der Waals surface area (Å²) in [6.07, 6.45) is -0.613. The molecule has 0 aromatic carbocycles. The first-order valence-corrected chi connectivity index (χ1v) is 8.55. The van der Waals surface area contributed by atoms with Crippen molar-refractivity contribution < 1.29 is 13.2 Å². The zero-order valence-corrected chi connectivity index (χ0v) is 13.4. The molecule has 3 nitrogen and oxygen atoms in total. The van der Waals surface area contributed by atoms with Crippen LogP contribution in [0.5, 0.6) is 0 Å². The monoisotopic (exact) mass is 335 g/mol. The van der Waals surface area contributed by atoms with E-state index in [-0.39, 0.29) is 0 Å². The van der Waals surface area contributed by atoms with Crippen molar-refractivity contribution >= 4 is 34.1 Å². The van der Waals surface area contributed by atoms with Gasteiger partial charge in [-0.2, -0.15) is 13.2 Å². The van der Waals surface area contributed by atoms with Gasteiger partial charge in [-0.05, 0) is 24.8 Å². The van der Waals surface area contributed by atoms with Crippen LogP contribution in [0.2, 0.25) is 0 Å². The SMILES string of the molecule is CCCC1=NC(SC)=NCN1Cc1ccc(C(F)(F)F)s1. The lowest BCUT2D eigenvalue weighted by molar-refractivity contribution is -0.134. The molecule has 2 heterocycles. The van der Waals surface area contributed by atoms with Crippen LogP contribution >= 0.6 is 23.1 Å². The highest BCUT2D eigenvalue weighted by Crippen LogP contribution is 2.35. The molecular formula is C13H16F3N3S2. The number of nitrogens with zero attached hydrogens (tertiary/aromatic N) is 3. The molecule has 21 heavy (non-hydrogen) atoms. The molecule has 1 aliphatic rings. The van der Waals surface area contributed by atoms with Gasteiger partial charge in [0.1, 0.15) is 17.4 Å². The van der Waals surface area contributed by atoms with Crippen LogP contribution < -0.4 is 0 Å². The highest BCUT2D eigenvalue weighted by Gasteiger charge is 2.32. The van der Waals surface area contributed by atoms with Crippen LogP contribution in [0.15, 0.2) is 22.1 Å². The molecule has 0 bridgehead atoms. The van der Waals surface area contributed by atoms with Gasteiger partial charge in [-0.15, -0.1) is 11.3 Å². The molecule has 0 unspecified atom stereocenters. The van der Waals surface area contributed by atoms with E-state index in [9.17, 15) is 13.2 Å². The molecule has 2 rings (SSSR count). The summed E-state index contributed by atoms with van der Waals surface area (Å²) in [5.74, 6) is 0.902. The molecule has 8 heteroatoms. The van der Waals surface area contributed by atoms with Crippen molar-refractivity contribution in [1.82, 2.24) is 4.90 Å². The minimum atomic E-state index is -4.27. The summed E-state index contributed by atoms with van der Waals surface area (Å²) in [7, 11) is 0. The molecule has 0 amide bonds. The highest BCUT2D eigenvalue weighted by molar-refractivity contribution is 8.13. The van der Waals surface area contributed by atoms with Crippen molar-refractivity contribution in [2.45, 2.75) is 32.5 Å². The average Bonchev–Trinajstić information content (AvgIpc) is 2.89. The van der Waals surface area contributed by atoms with E-state index in [4.69, 9.17) is 0 Å². The second kappa shape index (κ2) is 6.83. The standard InChI is InChI=1S/C13H16F3N3S2/c1-3-4-11-18-12(20-2)17-8-19(11)7-9-5-6-10(21-9)13(14,15)16/h5-6H,3-4,7-8H2,1-2H3. The first kappa shape index (κ1) is 16.4. The Morgan fingerprint density at radius 3 is 2.71 bits per heavy atom. The molecule has 0 saturated carbocycles. The van der Waals surface area contributed by atoms with Crippen molar-refractivity contribution in [2.24, 2.45) is 9.98 Å². The summed E-state index contributed by atoms with van der Waals surface area (Å²) < 4.78 is 37.9. The molecular weight excluding hydrogens is 319 g/mol. The second-order valence-electron chi connectivity index (χ2n) is 4.53. The number of rotatable bonds is 4. The van der Waals surface area contributed by atoms with Gasteiger partial charge in [0.2, 0.25) is 0 Å². The zero-order valence-electron chi connectivity index (χ0n) is 11.8. The highest BCUT2D eigenvalue weighted by atomic mass is 32.2. The minimum Gasteiger partial charge on any atom is -0.335 e. The smallest absolute Gasteiger partial charge is 0.335 e. The summed E-state index contributed by atoms with van der Waals surface area (Å²) in [6.45, 7) is 2.93. The Kier molecular flexibility index (Phi) is 5.32. The lowest BCUT2D eigenvalue weighted by atomic mass is 10.2. The molecule has 1 aromatic rings. The zero-order chi connectivity index (χ0) is 15.5. The maximum atomic E-state index is 12.6. The van der Waals surface area contributed by atoms with Crippen LogP contribution in [0.25, 0.3) is 0 Å². The van der Waals surface area contributed by atoms with Crippen LogP contribution in [0.3, 0.4) is 0 Å². The van der Waals surface area contributed by atoms with Crippen molar-refractivity contribution in [3.63, 3.8) is 0 Å². The molecule has 0 radical (unpaired) electrons. The van der Waals surface area contributed by atoms with Gasteiger partial charge in [0.25, 0.3) is 0 Å². The number of halogens is 3. The Labute approximate surface area is 130 Å².